The molecule has 0 saturated carbocycles. The predicted molar refractivity (Wildman–Crippen MR) is 80.3 cm³/mol. The Balaban J connectivity index is 2.14. The van der Waals surface area contributed by atoms with Gasteiger partial charge < -0.3 is 15.5 Å². The van der Waals surface area contributed by atoms with E-state index in [-0.39, 0.29) is 11.9 Å². The van der Waals surface area contributed by atoms with Crippen molar-refractivity contribution in [2.45, 2.75) is 65.0 Å². The van der Waals surface area contributed by atoms with Gasteiger partial charge in [-0.05, 0) is 59.2 Å². The van der Waals surface area contributed by atoms with Gasteiger partial charge in [-0.1, -0.05) is 6.92 Å². The Bertz CT molecular complexity index is 256. The fourth-order valence-electron chi connectivity index (χ4n) is 2.68. The lowest BCUT2D eigenvalue weighted by molar-refractivity contribution is -0.121. The summed E-state index contributed by atoms with van der Waals surface area (Å²) in [4.78, 5) is 14.1. The first-order valence-electron chi connectivity index (χ1n) is 7.87. The fourth-order valence-corrected chi connectivity index (χ4v) is 2.68. The largest absolute Gasteiger partial charge is 0.354 e. The topological polar surface area (TPSA) is 44.4 Å². The van der Waals surface area contributed by atoms with Crippen LogP contribution in [0.3, 0.4) is 0 Å². The second kappa shape index (κ2) is 9.32. The number of rotatable bonds is 7. The van der Waals surface area contributed by atoms with Crippen LogP contribution in [0.5, 0.6) is 0 Å². The van der Waals surface area contributed by atoms with Crippen molar-refractivity contribution in [2.75, 3.05) is 26.2 Å². The summed E-state index contributed by atoms with van der Waals surface area (Å²) >= 11 is 0. The number of amides is 1. The molecule has 0 aromatic rings. The average Bonchev–Trinajstić information content (AvgIpc) is 2.54. The Hall–Kier alpha value is -0.610. The highest BCUT2D eigenvalue weighted by Crippen LogP contribution is 2.11. The molecule has 4 heteroatoms. The van der Waals surface area contributed by atoms with Gasteiger partial charge in [0.25, 0.3) is 0 Å². The molecule has 1 saturated heterocycles. The first-order valence-corrected chi connectivity index (χ1v) is 7.87. The molecule has 0 aromatic heterocycles. The van der Waals surface area contributed by atoms with Crippen LogP contribution in [0.1, 0.15) is 52.9 Å². The van der Waals surface area contributed by atoms with Crippen LogP contribution in [-0.2, 0) is 4.79 Å². The Labute approximate surface area is 118 Å². The molecule has 1 fully saturated rings. The second-order valence-electron chi connectivity index (χ2n) is 5.90. The summed E-state index contributed by atoms with van der Waals surface area (Å²) in [6.07, 6.45) is 5.56. The first-order chi connectivity index (χ1) is 9.11. The smallest absolute Gasteiger partial charge is 0.221 e. The average molecular weight is 269 g/mol. The van der Waals surface area contributed by atoms with Crippen molar-refractivity contribution < 1.29 is 4.79 Å². The number of hydrogen-bond donors (Lipinski definition) is 2. The maximum absolute atomic E-state index is 11.5. The molecule has 1 aliphatic rings. The van der Waals surface area contributed by atoms with Crippen LogP contribution in [0.4, 0.5) is 0 Å². The normalized spacial score (nSPS) is 21.4. The molecule has 1 unspecified atom stereocenters. The number of likely N-dealkylation sites (tertiary alicyclic amines) is 1. The van der Waals surface area contributed by atoms with Crippen molar-refractivity contribution in [3.63, 3.8) is 0 Å². The molecule has 1 amide bonds. The van der Waals surface area contributed by atoms with Crippen molar-refractivity contribution in [3.05, 3.63) is 0 Å². The molecule has 1 atom stereocenters. The summed E-state index contributed by atoms with van der Waals surface area (Å²) in [5.41, 5.74) is 0. The summed E-state index contributed by atoms with van der Waals surface area (Å²) < 4.78 is 0. The van der Waals surface area contributed by atoms with Crippen LogP contribution in [0.15, 0.2) is 0 Å². The molecule has 0 aliphatic carbocycles. The minimum atomic E-state index is 0.156. The summed E-state index contributed by atoms with van der Waals surface area (Å²) in [7, 11) is 0. The Kier molecular flexibility index (Phi) is 8.07. The van der Waals surface area contributed by atoms with Gasteiger partial charge in [-0.3, -0.25) is 4.79 Å². The molecule has 1 aliphatic heterocycles. The van der Waals surface area contributed by atoms with Crippen molar-refractivity contribution >= 4 is 5.91 Å². The van der Waals surface area contributed by atoms with Gasteiger partial charge in [-0.25, -0.2) is 0 Å². The van der Waals surface area contributed by atoms with Crippen molar-refractivity contribution in [3.8, 4) is 0 Å². The van der Waals surface area contributed by atoms with Crippen LogP contribution in [0.2, 0.25) is 0 Å². The van der Waals surface area contributed by atoms with E-state index < -0.39 is 0 Å². The zero-order valence-electron chi connectivity index (χ0n) is 12.9. The van der Waals surface area contributed by atoms with Crippen molar-refractivity contribution in [2.24, 2.45) is 0 Å². The summed E-state index contributed by atoms with van der Waals surface area (Å²) in [6, 6.07) is 0.835. The molecule has 2 N–H and O–H groups in total. The van der Waals surface area contributed by atoms with Gasteiger partial charge >= 0.3 is 0 Å². The van der Waals surface area contributed by atoms with Gasteiger partial charge in [-0.15, -0.1) is 0 Å². The van der Waals surface area contributed by atoms with Crippen LogP contribution < -0.4 is 10.6 Å². The van der Waals surface area contributed by atoms with Gasteiger partial charge in [-0.2, -0.15) is 0 Å². The lowest BCUT2D eigenvalue weighted by atomic mass is 10.1. The van der Waals surface area contributed by atoms with E-state index in [1.165, 1.54) is 45.3 Å². The Morgan fingerprint density at radius 3 is 2.79 bits per heavy atom. The van der Waals surface area contributed by atoms with Gasteiger partial charge in [0.15, 0.2) is 0 Å². The van der Waals surface area contributed by atoms with E-state index in [1.807, 2.05) is 13.8 Å². The third-order valence-corrected chi connectivity index (χ3v) is 3.60. The number of nitrogens with one attached hydrogen (secondary N) is 2. The van der Waals surface area contributed by atoms with E-state index in [2.05, 4.69) is 22.5 Å². The minimum absolute atomic E-state index is 0.156. The quantitative estimate of drug-likeness (QED) is 0.740. The van der Waals surface area contributed by atoms with Crippen LogP contribution in [-0.4, -0.2) is 49.1 Å². The third-order valence-electron chi connectivity index (χ3n) is 3.60. The van der Waals surface area contributed by atoms with Crippen LogP contribution in [0, 0.1) is 0 Å². The SMILES string of the molecule is CCCN1CCCC(NCCC(=O)NC(C)C)CC1. The second-order valence-corrected chi connectivity index (χ2v) is 5.90. The van der Waals surface area contributed by atoms with E-state index in [0.717, 1.165) is 6.54 Å². The summed E-state index contributed by atoms with van der Waals surface area (Å²) in [6.45, 7) is 10.7. The van der Waals surface area contributed by atoms with E-state index in [1.54, 1.807) is 0 Å². The zero-order chi connectivity index (χ0) is 14.1. The maximum Gasteiger partial charge on any atom is 0.221 e. The highest BCUT2D eigenvalue weighted by molar-refractivity contribution is 5.76. The summed E-state index contributed by atoms with van der Waals surface area (Å²) in [5.74, 6) is 0.156. The molecule has 0 radical (unpaired) electrons. The lowest BCUT2D eigenvalue weighted by Gasteiger charge is -2.19. The standard InChI is InChI=1S/C15H31N3O/c1-4-10-18-11-5-6-14(8-12-18)16-9-7-15(19)17-13(2)3/h13-14,16H,4-12H2,1-3H3,(H,17,19). The van der Waals surface area contributed by atoms with Crippen molar-refractivity contribution in [1.82, 2.24) is 15.5 Å². The Morgan fingerprint density at radius 1 is 1.32 bits per heavy atom. The molecule has 19 heavy (non-hydrogen) atoms. The lowest BCUT2D eigenvalue weighted by Crippen LogP contribution is -2.36. The first kappa shape index (κ1) is 16.4. The number of carbonyl (C=O) groups is 1. The molecular weight excluding hydrogens is 238 g/mol. The summed E-state index contributed by atoms with van der Waals surface area (Å²) in [5, 5.41) is 6.47. The van der Waals surface area contributed by atoms with Gasteiger partial charge in [0, 0.05) is 25.0 Å². The number of carbonyl (C=O) groups excluding carboxylic acids is 1. The van der Waals surface area contributed by atoms with Crippen LogP contribution >= 0.6 is 0 Å². The van der Waals surface area contributed by atoms with E-state index in [0.29, 0.717) is 12.5 Å². The molecule has 112 valence electrons. The molecule has 0 aromatic carbocycles. The predicted octanol–water partition coefficient (Wildman–Crippen LogP) is 1.76. The highest BCUT2D eigenvalue weighted by Gasteiger charge is 2.16. The molecule has 4 nitrogen and oxygen atoms in total. The minimum Gasteiger partial charge on any atom is -0.354 e. The van der Waals surface area contributed by atoms with Crippen molar-refractivity contribution in [1.29, 1.82) is 0 Å². The van der Waals surface area contributed by atoms with Gasteiger partial charge in [0.1, 0.15) is 0 Å². The van der Waals surface area contributed by atoms with E-state index >= 15 is 0 Å². The van der Waals surface area contributed by atoms with E-state index in [9.17, 15) is 4.79 Å². The molecule has 1 heterocycles. The Morgan fingerprint density at radius 2 is 2.11 bits per heavy atom. The molecular formula is C15H31N3O. The number of hydrogen-bond acceptors (Lipinski definition) is 3. The fraction of sp³-hybridized carbons (Fsp3) is 0.933. The van der Waals surface area contributed by atoms with Gasteiger partial charge in [0.05, 0.1) is 0 Å². The highest BCUT2D eigenvalue weighted by atomic mass is 16.1. The molecule has 0 spiro atoms. The van der Waals surface area contributed by atoms with Crippen LogP contribution in [0.25, 0.3) is 0 Å². The zero-order valence-corrected chi connectivity index (χ0v) is 12.9. The molecule has 1 rings (SSSR count). The third kappa shape index (κ3) is 7.53. The molecule has 0 bridgehead atoms. The van der Waals surface area contributed by atoms with Gasteiger partial charge in [0.2, 0.25) is 5.91 Å². The maximum atomic E-state index is 11.5. The number of nitrogens with zero attached hydrogens (tertiary/aromatic N) is 1. The monoisotopic (exact) mass is 269 g/mol. The van der Waals surface area contributed by atoms with E-state index in [4.69, 9.17) is 0 Å².